The van der Waals surface area contributed by atoms with Crippen molar-refractivity contribution in [3.8, 4) is 0 Å². The topological polar surface area (TPSA) is 57.6 Å². The molecule has 0 saturated carbocycles. The van der Waals surface area contributed by atoms with Crippen LogP contribution >= 0.6 is 0 Å². The summed E-state index contributed by atoms with van der Waals surface area (Å²) in [6.07, 6.45) is 3.08. The van der Waals surface area contributed by atoms with Gasteiger partial charge in [0.25, 0.3) is 5.91 Å². The number of aliphatic hydroxyl groups excluding tert-OH is 1. The molecule has 4 rings (SSSR count). The van der Waals surface area contributed by atoms with Crippen LogP contribution in [0.5, 0.6) is 0 Å². The van der Waals surface area contributed by atoms with E-state index in [1.54, 1.807) is 18.2 Å². The van der Waals surface area contributed by atoms with Crippen LogP contribution in [-0.2, 0) is 9.59 Å². The quantitative estimate of drug-likeness (QED) is 0.642. The van der Waals surface area contributed by atoms with Gasteiger partial charge in [-0.15, -0.1) is 0 Å². The number of para-hydroxylation sites is 1. The highest BCUT2D eigenvalue weighted by atomic mass is 16.3. The van der Waals surface area contributed by atoms with Crippen LogP contribution in [-0.4, -0.2) is 16.8 Å². The number of allylic oxidation sites excluding steroid dienone is 1. The molecule has 0 saturated heterocycles. The fourth-order valence-corrected chi connectivity index (χ4v) is 3.49. The van der Waals surface area contributed by atoms with Gasteiger partial charge in [-0.3, -0.25) is 14.5 Å². The van der Waals surface area contributed by atoms with Crippen molar-refractivity contribution >= 4 is 23.5 Å². The summed E-state index contributed by atoms with van der Waals surface area (Å²) in [6, 6.07) is 27.0. The van der Waals surface area contributed by atoms with Gasteiger partial charge in [0.1, 0.15) is 0 Å². The summed E-state index contributed by atoms with van der Waals surface area (Å²) in [5, 5.41) is 10.6. The highest BCUT2D eigenvalue weighted by Crippen LogP contribution is 2.40. The minimum atomic E-state index is -0.695. The van der Waals surface area contributed by atoms with E-state index in [9.17, 15) is 14.7 Å². The third-order valence-electron chi connectivity index (χ3n) is 4.85. The van der Waals surface area contributed by atoms with Crippen molar-refractivity contribution in [2.24, 2.45) is 0 Å². The Balaban J connectivity index is 1.77. The van der Waals surface area contributed by atoms with Gasteiger partial charge >= 0.3 is 0 Å². The van der Waals surface area contributed by atoms with Crippen LogP contribution < -0.4 is 4.90 Å². The van der Waals surface area contributed by atoms with Crippen LogP contribution in [0.3, 0.4) is 0 Å². The number of aliphatic hydroxyl groups is 1. The fourth-order valence-electron chi connectivity index (χ4n) is 3.49. The van der Waals surface area contributed by atoms with Crippen molar-refractivity contribution in [1.29, 1.82) is 0 Å². The molecule has 4 nitrogen and oxygen atoms in total. The second-order valence-corrected chi connectivity index (χ2v) is 6.69. The number of amides is 1. The van der Waals surface area contributed by atoms with Crippen molar-refractivity contribution in [1.82, 2.24) is 0 Å². The van der Waals surface area contributed by atoms with E-state index in [4.69, 9.17) is 0 Å². The van der Waals surface area contributed by atoms with Crippen LogP contribution in [0.25, 0.3) is 6.08 Å². The van der Waals surface area contributed by atoms with E-state index in [1.807, 2.05) is 78.9 Å². The van der Waals surface area contributed by atoms with E-state index in [2.05, 4.69) is 0 Å². The van der Waals surface area contributed by atoms with E-state index in [0.717, 1.165) is 11.1 Å². The van der Waals surface area contributed by atoms with E-state index in [0.29, 0.717) is 5.69 Å². The van der Waals surface area contributed by atoms with Crippen molar-refractivity contribution in [3.05, 3.63) is 120 Å². The standard InChI is InChI=1S/C25H19NO3/c27-21(17-16-18-10-4-1-5-11-18)22-23(19-12-6-2-7-13-19)26(25(29)24(22)28)20-14-8-3-9-15-20/h1-17,23,28H. The summed E-state index contributed by atoms with van der Waals surface area (Å²) in [5.41, 5.74) is 2.32. The SMILES string of the molecule is O=C(C=Cc1ccccc1)C1=C(O)C(=O)N(c2ccccc2)C1c1ccccc1. The zero-order valence-electron chi connectivity index (χ0n) is 15.6. The predicted molar refractivity (Wildman–Crippen MR) is 113 cm³/mol. The number of hydrogen-bond acceptors (Lipinski definition) is 3. The second kappa shape index (κ2) is 7.98. The lowest BCUT2D eigenvalue weighted by atomic mass is 9.95. The number of nitrogens with zero attached hydrogens (tertiary/aromatic N) is 1. The average molecular weight is 381 g/mol. The minimum Gasteiger partial charge on any atom is -0.503 e. The van der Waals surface area contributed by atoms with E-state index < -0.39 is 23.5 Å². The Kier molecular flexibility index (Phi) is 5.08. The molecule has 1 aliphatic rings. The Morgan fingerprint density at radius 2 is 1.38 bits per heavy atom. The smallest absolute Gasteiger partial charge is 0.294 e. The Labute approximate surface area is 169 Å². The molecule has 3 aromatic rings. The molecule has 1 aliphatic heterocycles. The van der Waals surface area contributed by atoms with Gasteiger partial charge in [0.2, 0.25) is 0 Å². The van der Waals surface area contributed by atoms with Gasteiger partial charge in [-0.05, 0) is 29.3 Å². The molecular formula is C25H19NO3. The first-order valence-electron chi connectivity index (χ1n) is 9.31. The minimum absolute atomic E-state index is 0.0808. The zero-order chi connectivity index (χ0) is 20.2. The molecule has 4 heteroatoms. The summed E-state index contributed by atoms with van der Waals surface area (Å²) >= 11 is 0. The van der Waals surface area contributed by atoms with Crippen LogP contribution in [0.15, 0.2) is 108 Å². The molecule has 0 fully saturated rings. The summed E-state index contributed by atoms with van der Waals surface area (Å²) in [5.74, 6) is -1.49. The Bertz CT molecular complexity index is 1090. The Hall–Kier alpha value is -3.92. The summed E-state index contributed by atoms with van der Waals surface area (Å²) in [4.78, 5) is 27.4. The molecule has 0 bridgehead atoms. The number of benzene rings is 3. The summed E-state index contributed by atoms with van der Waals surface area (Å²) < 4.78 is 0. The summed E-state index contributed by atoms with van der Waals surface area (Å²) in [6.45, 7) is 0. The van der Waals surface area contributed by atoms with E-state index in [1.165, 1.54) is 11.0 Å². The third-order valence-corrected chi connectivity index (χ3v) is 4.85. The maximum absolute atomic E-state index is 13.1. The Morgan fingerprint density at radius 3 is 2.00 bits per heavy atom. The molecule has 29 heavy (non-hydrogen) atoms. The number of hydrogen-bond donors (Lipinski definition) is 1. The van der Waals surface area contributed by atoms with Crippen LogP contribution in [0.1, 0.15) is 17.2 Å². The number of anilines is 1. The molecule has 0 spiro atoms. The average Bonchev–Trinajstić information content (AvgIpc) is 3.05. The lowest BCUT2D eigenvalue weighted by Gasteiger charge is -2.26. The highest BCUT2D eigenvalue weighted by molar-refractivity contribution is 6.19. The summed E-state index contributed by atoms with van der Waals surface area (Å²) in [7, 11) is 0. The predicted octanol–water partition coefficient (Wildman–Crippen LogP) is 4.87. The van der Waals surface area contributed by atoms with Crippen molar-refractivity contribution in [2.75, 3.05) is 4.90 Å². The molecule has 0 radical (unpaired) electrons. The first-order valence-corrected chi connectivity index (χ1v) is 9.31. The molecule has 1 N–H and O–H groups in total. The van der Waals surface area contributed by atoms with Crippen molar-refractivity contribution in [2.45, 2.75) is 6.04 Å². The van der Waals surface area contributed by atoms with Gasteiger partial charge in [-0.25, -0.2) is 0 Å². The zero-order valence-corrected chi connectivity index (χ0v) is 15.6. The molecule has 3 aromatic carbocycles. The number of carbonyl (C=O) groups is 2. The fraction of sp³-hybridized carbons (Fsp3) is 0.0400. The van der Waals surface area contributed by atoms with E-state index >= 15 is 0 Å². The maximum Gasteiger partial charge on any atom is 0.294 e. The third kappa shape index (κ3) is 3.60. The Morgan fingerprint density at radius 1 is 0.828 bits per heavy atom. The van der Waals surface area contributed by atoms with Gasteiger partial charge < -0.3 is 5.11 Å². The first kappa shape index (κ1) is 18.4. The van der Waals surface area contributed by atoms with Crippen LogP contribution in [0.4, 0.5) is 5.69 Å². The maximum atomic E-state index is 13.1. The monoisotopic (exact) mass is 381 g/mol. The second-order valence-electron chi connectivity index (χ2n) is 6.69. The molecule has 1 amide bonds. The van der Waals surface area contributed by atoms with Gasteiger partial charge in [0.05, 0.1) is 11.6 Å². The number of rotatable bonds is 5. The lowest BCUT2D eigenvalue weighted by molar-refractivity contribution is -0.117. The normalized spacial score (nSPS) is 16.6. The highest BCUT2D eigenvalue weighted by Gasteiger charge is 2.43. The molecule has 1 heterocycles. The van der Waals surface area contributed by atoms with Crippen LogP contribution in [0.2, 0.25) is 0 Å². The van der Waals surface area contributed by atoms with E-state index in [-0.39, 0.29) is 5.57 Å². The van der Waals surface area contributed by atoms with Gasteiger partial charge in [-0.1, -0.05) is 84.9 Å². The van der Waals surface area contributed by atoms with Gasteiger partial charge in [-0.2, -0.15) is 0 Å². The first-order chi connectivity index (χ1) is 14.2. The largest absolute Gasteiger partial charge is 0.503 e. The molecule has 142 valence electrons. The number of carbonyl (C=O) groups excluding carboxylic acids is 2. The molecule has 0 aromatic heterocycles. The van der Waals surface area contributed by atoms with Crippen molar-refractivity contribution in [3.63, 3.8) is 0 Å². The van der Waals surface area contributed by atoms with Crippen molar-refractivity contribution < 1.29 is 14.7 Å². The van der Waals surface area contributed by atoms with Crippen LogP contribution in [0, 0.1) is 0 Å². The van der Waals surface area contributed by atoms with Gasteiger partial charge in [0.15, 0.2) is 11.5 Å². The lowest BCUT2D eigenvalue weighted by Crippen LogP contribution is -2.30. The molecule has 1 atom stereocenters. The number of ketones is 1. The molecular weight excluding hydrogens is 362 g/mol. The molecule has 0 aliphatic carbocycles. The molecule has 1 unspecified atom stereocenters. The van der Waals surface area contributed by atoms with Gasteiger partial charge in [0, 0.05) is 5.69 Å².